The molecule has 26 heavy (non-hydrogen) atoms. The summed E-state index contributed by atoms with van der Waals surface area (Å²) in [6, 6.07) is 9.62. The van der Waals surface area contributed by atoms with E-state index in [1.54, 1.807) is 19.2 Å². The van der Waals surface area contributed by atoms with Gasteiger partial charge in [0.05, 0.1) is 5.56 Å². The molecule has 1 N–H and O–H groups in total. The van der Waals surface area contributed by atoms with Gasteiger partial charge in [-0.15, -0.1) is 0 Å². The molecule has 2 heterocycles. The van der Waals surface area contributed by atoms with Crippen LogP contribution in [0.5, 0.6) is 5.75 Å². The number of hydrogen-bond donors (Lipinski definition) is 1. The van der Waals surface area contributed by atoms with Crippen molar-refractivity contribution in [2.24, 2.45) is 0 Å². The van der Waals surface area contributed by atoms with E-state index in [4.69, 9.17) is 9.26 Å². The van der Waals surface area contributed by atoms with Gasteiger partial charge in [0.1, 0.15) is 23.9 Å². The maximum Gasteiger partial charge on any atom is 0.279 e. The Labute approximate surface area is 152 Å². The van der Waals surface area contributed by atoms with Gasteiger partial charge in [-0.1, -0.05) is 11.2 Å². The Morgan fingerprint density at radius 1 is 1.08 bits per heavy atom. The highest BCUT2D eigenvalue weighted by Gasteiger charge is 2.21. The van der Waals surface area contributed by atoms with Gasteiger partial charge in [0.2, 0.25) is 0 Å². The monoisotopic (exact) mass is 351 g/mol. The fourth-order valence-electron chi connectivity index (χ4n) is 2.69. The van der Waals surface area contributed by atoms with Gasteiger partial charge in [-0.3, -0.25) is 4.79 Å². The summed E-state index contributed by atoms with van der Waals surface area (Å²) in [5.74, 6) is 1.39. The summed E-state index contributed by atoms with van der Waals surface area (Å²) < 4.78 is 11.1. The summed E-state index contributed by atoms with van der Waals surface area (Å²) in [7, 11) is 0. The van der Waals surface area contributed by atoms with Gasteiger partial charge in [-0.2, -0.15) is 0 Å². The van der Waals surface area contributed by atoms with Gasteiger partial charge in [0.15, 0.2) is 5.69 Å². The lowest BCUT2D eigenvalue weighted by Gasteiger charge is -2.09. The zero-order valence-electron chi connectivity index (χ0n) is 15.3. The van der Waals surface area contributed by atoms with E-state index in [1.807, 2.05) is 39.0 Å². The van der Waals surface area contributed by atoms with Crippen LogP contribution < -0.4 is 10.1 Å². The Bertz CT molecular complexity index is 927. The minimum absolute atomic E-state index is 0.197. The van der Waals surface area contributed by atoms with Gasteiger partial charge in [-0.25, -0.2) is 4.98 Å². The molecule has 3 aromatic rings. The molecule has 0 saturated carbocycles. The molecule has 0 saturated heterocycles. The number of rotatable bonds is 5. The highest BCUT2D eigenvalue weighted by molar-refractivity contribution is 6.03. The van der Waals surface area contributed by atoms with Crippen LogP contribution in [0.25, 0.3) is 0 Å². The number of pyridine rings is 1. The summed E-state index contributed by atoms with van der Waals surface area (Å²) in [4.78, 5) is 16.7. The van der Waals surface area contributed by atoms with E-state index in [-0.39, 0.29) is 18.2 Å². The minimum atomic E-state index is -0.376. The number of benzene rings is 1. The Kier molecular flexibility index (Phi) is 5.02. The number of ether oxygens (including phenoxy) is 1. The van der Waals surface area contributed by atoms with Crippen LogP contribution >= 0.6 is 0 Å². The highest BCUT2D eigenvalue weighted by atomic mass is 16.5. The Morgan fingerprint density at radius 2 is 1.81 bits per heavy atom. The fraction of sp³-hybridized carbons (Fsp3) is 0.250. The molecule has 0 bridgehead atoms. The molecule has 3 rings (SSSR count). The first-order valence-electron chi connectivity index (χ1n) is 8.32. The fourth-order valence-corrected chi connectivity index (χ4v) is 2.69. The predicted octanol–water partition coefficient (Wildman–Crippen LogP) is 4.13. The van der Waals surface area contributed by atoms with E-state index in [9.17, 15) is 4.79 Å². The molecule has 6 nitrogen and oxygen atoms in total. The molecule has 1 aromatic carbocycles. The quantitative estimate of drug-likeness (QED) is 0.748. The van der Waals surface area contributed by atoms with Crippen molar-refractivity contribution in [3.05, 3.63) is 70.2 Å². The van der Waals surface area contributed by atoms with Crippen LogP contribution in [-0.4, -0.2) is 16.0 Å². The summed E-state index contributed by atoms with van der Waals surface area (Å²) in [6.45, 7) is 7.91. The second-order valence-corrected chi connectivity index (χ2v) is 6.35. The van der Waals surface area contributed by atoms with E-state index < -0.39 is 0 Å². The Hall–Kier alpha value is -3.15. The number of carbonyl (C=O) groups excluding carboxylic acids is 1. The van der Waals surface area contributed by atoms with Gasteiger partial charge >= 0.3 is 0 Å². The van der Waals surface area contributed by atoms with Gasteiger partial charge in [-0.05, 0) is 68.7 Å². The van der Waals surface area contributed by atoms with E-state index in [0.717, 1.165) is 22.4 Å². The number of nitrogens with zero attached hydrogens (tertiary/aromatic N) is 2. The molecule has 0 unspecified atom stereocenters. The molecule has 134 valence electrons. The normalized spacial score (nSPS) is 10.6. The summed E-state index contributed by atoms with van der Waals surface area (Å²) >= 11 is 0. The lowest BCUT2D eigenvalue weighted by Crippen LogP contribution is -2.16. The van der Waals surface area contributed by atoms with Crippen LogP contribution in [0.4, 0.5) is 5.82 Å². The molecular formula is C20H21N3O3. The van der Waals surface area contributed by atoms with Crippen LogP contribution in [0.3, 0.4) is 0 Å². The second-order valence-electron chi connectivity index (χ2n) is 6.35. The van der Waals surface area contributed by atoms with Crippen LogP contribution in [0.15, 0.2) is 41.1 Å². The summed E-state index contributed by atoms with van der Waals surface area (Å²) in [6.07, 6.45) is 1.64. The smallest absolute Gasteiger partial charge is 0.279 e. The molecule has 1 amide bonds. The Morgan fingerprint density at radius 3 is 2.50 bits per heavy atom. The molecule has 0 spiro atoms. The van der Waals surface area contributed by atoms with Crippen molar-refractivity contribution in [2.45, 2.75) is 34.3 Å². The lowest BCUT2D eigenvalue weighted by molar-refractivity contribution is 0.101. The van der Waals surface area contributed by atoms with Crippen molar-refractivity contribution in [2.75, 3.05) is 5.32 Å². The van der Waals surface area contributed by atoms with Crippen molar-refractivity contribution in [1.82, 2.24) is 10.1 Å². The third kappa shape index (κ3) is 4.08. The van der Waals surface area contributed by atoms with Crippen LogP contribution in [-0.2, 0) is 6.61 Å². The maximum atomic E-state index is 12.5. The van der Waals surface area contributed by atoms with E-state index in [1.165, 1.54) is 0 Å². The van der Waals surface area contributed by atoms with E-state index >= 15 is 0 Å². The van der Waals surface area contributed by atoms with Crippen molar-refractivity contribution in [3.63, 3.8) is 0 Å². The number of aromatic nitrogens is 2. The predicted molar refractivity (Wildman–Crippen MR) is 98.4 cm³/mol. The minimum Gasteiger partial charge on any atom is -0.489 e. The van der Waals surface area contributed by atoms with Crippen molar-refractivity contribution < 1.29 is 14.1 Å². The summed E-state index contributed by atoms with van der Waals surface area (Å²) in [5.41, 5.74) is 4.06. The molecular weight excluding hydrogens is 330 g/mol. The second kappa shape index (κ2) is 7.39. The van der Waals surface area contributed by atoms with Gasteiger partial charge in [0, 0.05) is 6.20 Å². The lowest BCUT2D eigenvalue weighted by atomic mass is 10.1. The number of aryl methyl sites for hydroxylation is 4. The number of anilines is 1. The molecule has 0 radical (unpaired) electrons. The van der Waals surface area contributed by atoms with Crippen molar-refractivity contribution in [3.8, 4) is 5.75 Å². The van der Waals surface area contributed by atoms with Gasteiger partial charge in [0.25, 0.3) is 5.91 Å². The largest absolute Gasteiger partial charge is 0.489 e. The third-order valence-electron chi connectivity index (χ3n) is 3.94. The number of carbonyl (C=O) groups is 1. The topological polar surface area (TPSA) is 77.2 Å². The van der Waals surface area contributed by atoms with Crippen LogP contribution in [0.1, 0.15) is 38.5 Å². The molecule has 0 aliphatic rings. The first-order chi connectivity index (χ1) is 12.4. The van der Waals surface area contributed by atoms with Crippen molar-refractivity contribution >= 4 is 11.7 Å². The first kappa shape index (κ1) is 17.7. The molecule has 2 aromatic heterocycles. The number of nitrogens with one attached hydrogen (secondary N) is 1. The average molecular weight is 351 g/mol. The zero-order chi connectivity index (χ0) is 18.7. The zero-order valence-corrected chi connectivity index (χ0v) is 15.3. The Balaban J connectivity index is 1.76. The van der Waals surface area contributed by atoms with Gasteiger partial charge < -0.3 is 14.6 Å². The average Bonchev–Trinajstić information content (AvgIpc) is 2.93. The molecule has 0 fully saturated rings. The number of hydrogen-bond acceptors (Lipinski definition) is 5. The molecule has 0 aliphatic heterocycles. The SMILES string of the molecule is Cc1cc(C)cc(OCc2c(C(=O)Nc3cc(C)ccn3)noc2C)c1. The molecule has 6 heteroatoms. The number of amides is 1. The molecule has 0 aliphatic carbocycles. The first-order valence-corrected chi connectivity index (χ1v) is 8.32. The highest BCUT2D eigenvalue weighted by Crippen LogP contribution is 2.21. The van der Waals surface area contributed by atoms with Crippen LogP contribution in [0.2, 0.25) is 0 Å². The molecule has 0 atom stereocenters. The third-order valence-corrected chi connectivity index (χ3v) is 3.94. The van der Waals surface area contributed by atoms with E-state index in [0.29, 0.717) is 17.1 Å². The van der Waals surface area contributed by atoms with E-state index in [2.05, 4.69) is 21.5 Å². The standard InChI is InChI=1S/C20H21N3O3/c1-12-5-6-21-18(10-12)22-20(24)19-17(15(4)26-23-19)11-25-16-8-13(2)7-14(3)9-16/h5-10H,11H2,1-4H3,(H,21,22,24). The summed E-state index contributed by atoms with van der Waals surface area (Å²) in [5, 5.41) is 6.63. The van der Waals surface area contributed by atoms with Crippen molar-refractivity contribution in [1.29, 1.82) is 0 Å². The maximum absolute atomic E-state index is 12.5. The van der Waals surface area contributed by atoms with Crippen LogP contribution in [0, 0.1) is 27.7 Å².